The van der Waals surface area contributed by atoms with Crippen LogP contribution in [0.5, 0.6) is 0 Å². The molecule has 1 fully saturated rings. The molecule has 0 atom stereocenters. The summed E-state index contributed by atoms with van der Waals surface area (Å²) in [5.74, 6) is 1.36. The van der Waals surface area contributed by atoms with Gasteiger partial charge in [0, 0.05) is 12.3 Å². The molecular weight excluding hydrogens is 244 g/mol. The molecular formula is C10H10N2O2S2. The van der Waals surface area contributed by atoms with Gasteiger partial charge in [-0.05, 0) is 24.3 Å². The van der Waals surface area contributed by atoms with Crippen molar-refractivity contribution in [2.75, 3.05) is 18.2 Å². The second-order valence-corrected chi connectivity index (χ2v) is 6.37. The maximum atomic E-state index is 12.1. The number of nitrogens with zero attached hydrogens (tertiary/aromatic N) is 2. The van der Waals surface area contributed by atoms with E-state index in [0.717, 1.165) is 5.75 Å². The van der Waals surface area contributed by atoms with Gasteiger partial charge >= 0.3 is 0 Å². The quantitative estimate of drug-likeness (QED) is 0.797. The minimum Gasteiger partial charge on any atom is -0.207 e. The van der Waals surface area contributed by atoms with Gasteiger partial charge < -0.3 is 0 Å². The fourth-order valence-electron chi connectivity index (χ4n) is 1.44. The number of hydrogen-bond donors (Lipinski definition) is 0. The van der Waals surface area contributed by atoms with Crippen LogP contribution in [-0.4, -0.2) is 30.9 Å². The zero-order valence-corrected chi connectivity index (χ0v) is 10.1. The summed E-state index contributed by atoms with van der Waals surface area (Å²) >= 11 is 1.61. The van der Waals surface area contributed by atoms with Crippen LogP contribution >= 0.6 is 11.8 Å². The first-order chi connectivity index (χ1) is 7.64. The summed E-state index contributed by atoms with van der Waals surface area (Å²) in [5, 5.41) is 8.63. The first kappa shape index (κ1) is 11.5. The van der Waals surface area contributed by atoms with Crippen molar-refractivity contribution >= 4 is 21.8 Å². The van der Waals surface area contributed by atoms with E-state index in [1.165, 1.54) is 28.6 Å². The average molecular weight is 254 g/mol. The van der Waals surface area contributed by atoms with E-state index in [0.29, 0.717) is 18.0 Å². The molecule has 1 aromatic rings. The van der Waals surface area contributed by atoms with Gasteiger partial charge in [0.25, 0.3) is 0 Å². The van der Waals surface area contributed by atoms with Crippen LogP contribution in [0.15, 0.2) is 29.2 Å². The Kier molecular flexibility index (Phi) is 3.19. The predicted octanol–water partition coefficient (Wildman–Crippen LogP) is 1.25. The number of rotatable bonds is 2. The largest absolute Gasteiger partial charge is 0.243 e. The second kappa shape index (κ2) is 4.45. The van der Waals surface area contributed by atoms with Gasteiger partial charge in [-0.3, -0.25) is 0 Å². The number of benzene rings is 1. The molecule has 4 nitrogen and oxygen atoms in total. The molecule has 0 aromatic heterocycles. The zero-order valence-electron chi connectivity index (χ0n) is 8.46. The Morgan fingerprint density at radius 1 is 1.31 bits per heavy atom. The number of thioether (sulfide) groups is 1. The summed E-state index contributed by atoms with van der Waals surface area (Å²) in [5.41, 5.74) is 0.467. The molecule has 0 saturated carbocycles. The van der Waals surface area contributed by atoms with Crippen LogP contribution in [0.3, 0.4) is 0 Å². The van der Waals surface area contributed by atoms with Crippen LogP contribution in [0.2, 0.25) is 0 Å². The molecule has 1 heterocycles. The third-order valence-electron chi connectivity index (χ3n) is 2.34. The van der Waals surface area contributed by atoms with Crippen molar-refractivity contribution in [1.29, 1.82) is 5.26 Å². The zero-order chi connectivity index (χ0) is 11.6. The summed E-state index contributed by atoms with van der Waals surface area (Å²) in [6, 6.07) is 7.98. The van der Waals surface area contributed by atoms with E-state index in [4.69, 9.17) is 5.26 Å². The Balaban J connectivity index is 2.32. The van der Waals surface area contributed by atoms with Gasteiger partial charge in [0.2, 0.25) is 10.0 Å². The maximum absolute atomic E-state index is 12.1. The molecule has 84 valence electrons. The van der Waals surface area contributed by atoms with E-state index in [1.807, 2.05) is 6.07 Å². The van der Waals surface area contributed by atoms with Crippen molar-refractivity contribution in [3.8, 4) is 6.07 Å². The fraction of sp³-hybridized carbons (Fsp3) is 0.300. The molecule has 0 spiro atoms. The van der Waals surface area contributed by atoms with Crippen molar-refractivity contribution in [1.82, 2.24) is 4.31 Å². The topological polar surface area (TPSA) is 61.2 Å². The van der Waals surface area contributed by atoms with Crippen molar-refractivity contribution in [3.63, 3.8) is 0 Å². The average Bonchev–Trinajstić information content (AvgIpc) is 2.83. The molecule has 1 aliphatic heterocycles. The molecule has 1 saturated heterocycles. The smallest absolute Gasteiger partial charge is 0.207 e. The first-order valence-corrected chi connectivity index (χ1v) is 7.32. The van der Waals surface area contributed by atoms with Gasteiger partial charge in [0.15, 0.2) is 0 Å². The number of hydrogen-bond acceptors (Lipinski definition) is 4. The lowest BCUT2D eigenvalue weighted by Gasteiger charge is -2.14. The monoisotopic (exact) mass is 254 g/mol. The Bertz CT molecular complexity index is 511. The third kappa shape index (κ3) is 2.07. The molecule has 0 radical (unpaired) electrons. The van der Waals surface area contributed by atoms with Crippen LogP contribution in [-0.2, 0) is 10.0 Å². The normalized spacial score (nSPS) is 17.2. The van der Waals surface area contributed by atoms with Crippen LogP contribution < -0.4 is 0 Å². The highest BCUT2D eigenvalue weighted by Crippen LogP contribution is 2.23. The van der Waals surface area contributed by atoms with Gasteiger partial charge in [-0.1, -0.05) is 0 Å². The van der Waals surface area contributed by atoms with Crippen LogP contribution in [0.25, 0.3) is 0 Å². The van der Waals surface area contributed by atoms with Crippen LogP contribution in [0.4, 0.5) is 0 Å². The van der Waals surface area contributed by atoms with E-state index in [1.54, 1.807) is 11.8 Å². The molecule has 2 rings (SSSR count). The fourth-order valence-corrected chi connectivity index (χ4v) is 4.25. The van der Waals surface area contributed by atoms with Crippen molar-refractivity contribution in [2.45, 2.75) is 4.90 Å². The standard InChI is InChI=1S/C10H10N2O2S2/c11-7-9-1-3-10(4-2-9)16(13,14)12-5-6-15-8-12/h1-4H,5-6,8H2. The lowest BCUT2D eigenvalue weighted by atomic mass is 10.2. The van der Waals surface area contributed by atoms with Gasteiger partial charge in [-0.15, -0.1) is 11.8 Å². The molecule has 6 heteroatoms. The van der Waals surface area contributed by atoms with Gasteiger partial charge in [-0.25, -0.2) is 8.42 Å². The highest BCUT2D eigenvalue weighted by molar-refractivity contribution is 8.00. The molecule has 0 N–H and O–H groups in total. The van der Waals surface area contributed by atoms with Crippen molar-refractivity contribution in [3.05, 3.63) is 29.8 Å². The van der Waals surface area contributed by atoms with Crippen molar-refractivity contribution in [2.24, 2.45) is 0 Å². The molecule has 1 aromatic carbocycles. The maximum Gasteiger partial charge on any atom is 0.243 e. The number of sulfonamides is 1. The lowest BCUT2D eigenvalue weighted by molar-refractivity contribution is 0.489. The van der Waals surface area contributed by atoms with Crippen LogP contribution in [0.1, 0.15) is 5.56 Å². The lowest BCUT2D eigenvalue weighted by Crippen LogP contribution is -2.27. The molecule has 0 bridgehead atoms. The second-order valence-electron chi connectivity index (χ2n) is 3.35. The van der Waals surface area contributed by atoms with Gasteiger partial charge in [0.1, 0.15) is 0 Å². The van der Waals surface area contributed by atoms with Crippen LogP contribution in [0, 0.1) is 11.3 Å². The van der Waals surface area contributed by atoms with Gasteiger partial charge in [-0.2, -0.15) is 9.57 Å². The van der Waals surface area contributed by atoms with E-state index in [9.17, 15) is 8.42 Å². The SMILES string of the molecule is N#Cc1ccc(S(=O)(=O)N2CCSC2)cc1. The van der Waals surface area contributed by atoms with Gasteiger partial charge in [0.05, 0.1) is 22.4 Å². The Morgan fingerprint density at radius 2 is 2.00 bits per heavy atom. The van der Waals surface area contributed by atoms with E-state index < -0.39 is 10.0 Å². The Hall–Kier alpha value is -1.03. The molecule has 16 heavy (non-hydrogen) atoms. The third-order valence-corrected chi connectivity index (χ3v) is 5.33. The Morgan fingerprint density at radius 3 is 2.50 bits per heavy atom. The Labute approximate surface area is 98.9 Å². The van der Waals surface area contributed by atoms with E-state index in [2.05, 4.69) is 0 Å². The molecule has 0 amide bonds. The van der Waals surface area contributed by atoms with E-state index in [-0.39, 0.29) is 4.90 Å². The van der Waals surface area contributed by atoms with Crippen molar-refractivity contribution < 1.29 is 8.42 Å². The summed E-state index contributed by atoms with van der Waals surface area (Å²) < 4.78 is 25.6. The summed E-state index contributed by atoms with van der Waals surface area (Å²) in [6.07, 6.45) is 0. The highest BCUT2D eigenvalue weighted by Gasteiger charge is 2.27. The molecule has 0 unspecified atom stereocenters. The highest BCUT2D eigenvalue weighted by atomic mass is 32.2. The minimum absolute atomic E-state index is 0.258. The summed E-state index contributed by atoms with van der Waals surface area (Å²) in [7, 11) is -3.36. The summed E-state index contributed by atoms with van der Waals surface area (Å²) in [6.45, 7) is 0.563. The predicted molar refractivity (Wildman–Crippen MR) is 62.4 cm³/mol. The minimum atomic E-state index is -3.36. The molecule has 0 aliphatic carbocycles. The number of nitriles is 1. The van der Waals surface area contributed by atoms with E-state index >= 15 is 0 Å². The summed E-state index contributed by atoms with van der Waals surface area (Å²) in [4.78, 5) is 0.258. The molecule has 1 aliphatic rings. The first-order valence-electron chi connectivity index (χ1n) is 4.72.